The number of H-pyrrole nitrogens is 1. The Bertz CT molecular complexity index is 1730. The number of pyridine rings is 1. The van der Waals surface area contributed by atoms with Crippen molar-refractivity contribution in [2.24, 2.45) is 7.05 Å². The number of nitrogens with one attached hydrogen (secondary N) is 3. The normalized spacial score (nSPS) is 16.9. The number of aromatic nitrogens is 4. The SMILES string of the molecule is Cn1cc(-c2cc(F)cc(N3CCn4c(cc5c4CCCC5)C3=O)c2CO)cc(Nc2cc(C3CNC3)[nH]n2)c1=O. The number of rotatable bonds is 6. The van der Waals surface area contributed by atoms with Gasteiger partial charge in [-0.05, 0) is 61.1 Å². The van der Waals surface area contributed by atoms with Crippen LogP contribution in [0, 0.1) is 5.82 Å². The molecule has 4 N–H and O–H groups in total. The highest BCUT2D eigenvalue weighted by molar-refractivity contribution is 6.07. The van der Waals surface area contributed by atoms with Gasteiger partial charge in [-0.25, -0.2) is 4.39 Å². The van der Waals surface area contributed by atoms with Crippen LogP contribution < -0.4 is 21.1 Å². The summed E-state index contributed by atoms with van der Waals surface area (Å²) in [5.41, 5.74) is 5.75. The summed E-state index contributed by atoms with van der Waals surface area (Å²) >= 11 is 0. The zero-order valence-corrected chi connectivity index (χ0v) is 22.8. The second-order valence-electron chi connectivity index (χ2n) is 11.2. The number of nitrogens with zero attached hydrogens (tertiary/aromatic N) is 4. The van der Waals surface area contributed by atoms with Gasteiger partial charge in [-0.1, -0.05) is 0 Å². The molecule has 0 spiro atoms. The number of anilines is 3. The van der Waals surface area contributed by atoms with Crippen molar-refractivity contribution in [1.29, 1.82) is 0 Å². The molecule has 212 valence electrons. The van der Waals surface area contributed by atoms with E-state index in [1.165, 1.54) is 28.0 Å². The molecule has 3 aromatic heterocycles. The average Bonchev–Trinajstić information content (AvgIpc) is 3.55. The number of aliphatic hydroxyl groups is 1. The molecule has 2 aliphatic heterocycles. The number of carbonyl (C=O) groups excluding carboxylic acids is 1. The largest absolute Gasteiger partial charge is 0.392 e. The fraction of sp³-hybridized carbons (Fsp3) is 0.367. The topological polar surface area (TPSA) is 120 Å². The summed E-state index contributed by atoms with van der Waals surface area (Å²) in [5.74, 6) is 0.134. The molecule has 0 unspecified atom stereocenters. The molecule has 10 nitrogen and oxygen atoms in total. The minimum Gasteiger partial charge on any atom is -0.392 e. The summed E-state index contributed by atoms with van der Waals surface area (Å²) in [6, 6.07) is 8.15. The van der Waals surface area contributed by atoms with Crippen molar-refractivity contribution in [2.75, 3.05) is 29.9 Å². The number of carbonyl (C=O) groups is 1. The van der Waals surface area contributed by atoms with Crippen molar-refractivity contribution in [1.82, 2.24) is 24.6 Å². The van der Waals surface area contributed by atoms with Gasteiger partial charge in [0.2, 0.25) is 0 Å². The molecule has 4 aromatic rings. The van der Waals surface area contributed by atoms with Gasteiger partial charge in [-0.15, -0.1) is 0 Å². The van der Waals surface area contributed by atoms with Gasteiger partial charge < -0.3 is 29.8 Å². The number of hydrogen-bond donors (Lipinski definition) is 4. The highest BCUT2D eigenvalue weighted by atomic mass is 19.1. The zero-order chi connectivity index (χ0) is 28.2. The second kappa shape index (κ2) is 10.0. The number of amides is 1. The van der Waals surface area contributed by atoms with Crippen LogP contribution in [0.25, 0.3) is 11.1 Å². The summed E-state index contributed by atoms with van der Waals surface area (Å²) in [5, 5.41) is 24.2. The van der Waals surface area contributed by atoms with Crippen LogP contribution in [0.1, 0.15) is 51.8 Å². The van der Waals surface area contributed by atoms with Crippen LogP contribution in [0.2, 0.25) is 0 Å². The van der Waals surface area contributed by atoms with Gasteiger partial charge in [0.15, 0.2) is 5.82 Å². The van der Waals surface area contributed by atoms with Gasteiger partial charge in [0.1, 0.15) is 17.2 Å². The molecule has 0 atom stereocenters. The molecule has 1 amide bonds. The monoisotopic (exact) mass is 557 g/mol. The number of aromatic amines is 1. The lowest BCUT2D eigenvalue weighted by molar-refractivity contribution is 0.0964. The smallest absolute Gasteiger partial charge is 0.274 e. The third-order valence-corrected chi connectivity index (χ3v) is 8.64. The Kier molecular flexibility index (Phi) is 6.28. The van der Waals surface area contributed by atoms with Gasteiger partial charge in [0.25, 0.3) is 11.5 Å². The van der Waals surface area contributed by atoms with Crippen LogP contribution in [0.3, 0.4) is 0 Å². The average molecular weight is 558 g/mol. The van der Waals surface area contributed by atoms with E-state index in [9.17, 15) is 14.7 Å². The maximum absolute atomic E-state index is 15.2. The predicted octanol–water partition coefficient (Wildman–Crippen LogP) is 3.18. The molecule has 0 bridgehead atoms. The zero-order valence-electron chi connectivity index (χ0n) is 22.8. The maximum Gasteiger partial charge on any atom is 0.274 e. The Morgan fingerprint density at radius 2 is 1.93 bits per heavy atom. The lowest BCUT2D eigenvalue weighted by Crippen LogP contribution is -2.41. The van der Waals surface area contributed by atoms with Crippen LogP contribution in [0.5, 0.6) is 0 Å². The minimum atomic E-state index is -0.533. The third kappa shape index (κ3) is 4.36. The Hall–Kier alpha value is -4.22. The fourth-order valence-electron chi connectivity index (χ4n) is 6.36. The summed E-state index contributed by atoms with van der Waals surface area (Å²) < 4.78 is 18.7. The van der Waals surface area contributed by atoms with Gasteiger partial charge in [-0.3, -0.25) is 14.7 Å². The first-order valence-corrected chi connectivity index (χ1v) is 14.1. The lowest BCUT2D eigenvalue weighted by Gasteiger charge is -2.31. The molecular formula is C30H32FN7O3. The number of aliphatic hydroxyl groups excluding tert-OH is 1. The first kappa shape index (κ1) is 25.7. The van der Waals surface area contributed by atoms with E-state index in [0.29, 0.717) is 52.9 Å². The van der Waals surface area contributed by atoms with E-state index in [1.54, 1.807) is 24.2 Å². The second-order valence-corrected chi connectivity index (χ2v) is 11.2. The highest BCUT2D eigenvalue weighted by Gasteiger charge is 2.32. The lowest BCUT2D eigenvalue weighted by atomic mass is 9.97. The number of aryl methyl sites for hydroxylation is 2. The standard InChI is InChI=1S/C30H32FN7O3/c1-36-15-18(8-24(29(36)40)33-28-12-23(34-35-28)19-13-32-14-19)21-10-20(31)11-26(22(21)16-39)38-7-6-37-25-5-3-2-4-17(25)9-27(37)30(38)41/h8-12,15,19,32,39H,2-7,13-14,16H2,1H3,(H2,33,34,35). The molecule has 0 saturated carbocycles. The number of benzene rings is 1. The van der Waals surface area contributed by atoms with E-state index in [4.69, 9.17) is 0 Å². The van der Waals surface area contributed by atoms with E-state index < -0.39 is 12.4 Å². The summed E-state index contributed by atoms with van der Waals surface area (Å²) in [4.78, 5) is 28.3. The van der Waals surface area contributed by atoms with Crippen molar-refractivity contribution >= 4 is 23.1 Å². The minimum absolute atomic E-state index is 0.198. The highest BCUT2D eigenvalue weighted by Crippen LogP contribution is 2.37. The van der Waals surface area contributed by atoms with Crippen LogP contribution in [0.15, 0.2) is 41.3 Å². The molecule has 11 heteroatoms. The van der Waals surface area contributed by atoms with Gasteiger partial charge in [0, 0.05) is 73.9 Å². The maximum atomic E-state index is 15.2. The Labute approximate surface area is 235 Å². The van der Waals surface area contributed by atoms with Gasteiger partial charge in [-0.2, -0.15) is 5.10 Å². The molecule has 1 fully saturated rings. The number of hydrogen-bond acceptors (Lipinski definition) is 6. The van der Waals surface area contributed by atoms with Crippen LogP contribution >= 0.6 is 0 Å². The molecule has 3 aliphatic rings. The third-order valence-electron chi connectivity index (χ3n) is 8.64. The van der Waals surface area contributed by atoms with E-state index in [1.807, 2.05) is 12.1 Å². The molecule has 41 heavy (non-hydrogen) atoms. The van der Waals surface area contributed by atoms with E-state index in [2.05, 4.69) is 25.4 Å². The van der Waals surface area contributed by atoms with E-state index in [0.717, 1.165) is 44.5 Å². The van der Waals surface area contributed by atoms with Gasteiger partial charge >= 0.3 is 0 Å². The Morgan fingerprint density at radius 3 is 2.71 bits per heavy atom. The van der Waals surface area contributed by atoms with Gasteiger partial charge in [0.05, 0.1) is 12.3 Å². The quantitative estimate of drug-likeness (QED) is 0.289. The van der Waals surface area contributed by atoms with Crippen LogP contribution in [-0.2, 0) is 33.0 Å². The molecule has 0 radical (unpaired) electrons. The molecule has 1 aromatic carbocycles. The van der Waals surface area contributed by atoms with E-state index in [-0.39, 0.29) is 17.2 Å². The molecular weight excluding hydrogens is 525 g/mol. The van der Waals surface area contributed by atoms with Crippen molar-refractivity contribution in [3.8, 4) is 11.1 Å². The summed E-state index contributed by atoms with van der Waals surface area (Å²) in [6.45, 7) is 2.33. The molecule has 1 aliphatic carbocycles. The van der Waals surface area contributed by atoms with Crippen LogP contribution in [0.4, 0.5) is 21.6 Å². The molecule has 5 heterocycles. The van der Waals surface area contributed by atoms with Crippen molar-refractivity contribution in [3.63, 3.8) is 0 Å². The Morgan fingerprint density at radius 1 is 1.10 bits per heavy atom. The van der Waals surface area contributed by atoms with Crippen molar-refractivity contribution < 1.29 is 14.3 Å². The Balaban J connectivity index is 1.26. The molecule has 7 rings (SSSR count). The first-order chi connectivity index (χ1) is 19.9. The first-order valence-electron chi connectivity index (χ1n) is 14.1. The molecule has 1 saturated heterocycles. The number of fused-ring (bicyclic) bond motifs is 3. The van der Waals surface area contributed by atoms with E-state index >= 15 is 4.39 Å². The van der Waals surface area contributed by atoms with Crippen molar-refractivity contribution in [2.45, 2.75) is 44.8 Å². The predicted molar refractivity (Wildman–Crippen MR) is 153 cm³/mol. The van der Waals surface area contributed by atoms with Crippen LogP contribution in [-0.4, -0.2) is 50.0 Å². The summed E-state index contributed by atoms with van der Waals surface area (Å²) in [6.07, 6.45) is 5.78. The fourth-order valence-corrected chi connectivity index (χ4v) is 6.36. The number of halogens is 1. The van der Waals surface area contributed by atoms with Crippen molar-refractivity contribution in [3.05, 3.63) is 80.9 Å². The summed E-state index contributed by atoms with van der Waals surface area (Å²) in [7, 11) is 1.62.